The smallest absolute Gasteiger partial charge is 0.308 e. The van der Waals surface area contributed by atoms with E-state index >= 15 is 0 Å². The van der Waals surface area contributed by atoms with Crippen molar-refractivity contribution in [2.45, 2.75) is 58.9 Å². The Hall–Kier alpha value is -1.32. The summed E-state index contributed by atoms with van der Waals surface area (Å²) in [4.78, 5) is 11.7. The maximum Gasteiger partial charge on any atom is 0.308 e. The second-order valence-corrected chi connectivity index (χ2v) is 5.31. The summed E-state index contributed by atoms with van der Waals surface area (Å²) in [5.74, 6) is 0.0742. The molecule has 1 fully saturated rings. The molecule has 0 N–H and O–H groups in total. The van der Waals surface area contributed by atoms with Crippen LogP contribution in [0.3, 0.4) is 0 Å². The van der Waals surface area contributed by atoms with E-state index in [1.807, 2.05) is 13.1 Å². The minimum absolute atomic E-state index is 0.0209. The van der Waals surface area contributed by atoms with Gasteiger partial charge in [-0.25, -0.2) is 0 Å². The first-order valence-electron chi connectivity index (χ1n) is 7.37. The number of rotatable bonds is 4. The van der Waals surface area contributed by atoms with Gasteiger partial charge in [0.2, 0.25) is 0 Å². The van der Waals surface area contributed by atoms with Crippen molar-refractivity contribution in [2.75, 3.05) is 6.61 Å². The van der Waals surface area contributed by atoms with Crippen LogP contribution in [0.4, 0.5) is 0 Å². The average Bonchev–Trinajstić information content (AvgIpc) is 2.80. The largest absolute Gasteiger partial charge is 0.466 e. The van der Waals surface area contributed by atoms with E-state index in [0.29, 0.717) is 12.6 Å². The third-order valence-electron chi connectivity index (χ3n) is 4.19. The number of carbonyl (C=O) groups excluding carboxylic acids is 1. The van der Waals surface area contributed by atoms with E-state index < -0.39 is 0 Å². The van der Waals surface area contributed by atoms with E-state index in [2.05, 4.69) is 23.6 Å². The van der Waals surface area contributed by atoms with Gasteiger partial charge in [-0.3, -0.25) is 9.48 Å². The van der Waals surface area contributed by atoms with Gasteiger partial charge in [0.05, 0.1) is 24.8 Å². The molecule has 0 saturated heterocycles. The summed E-state index contributed by atoms with van der Waals surface area (Å²) < 4.78 is 7.26. The van der Waals surface area contributed by atoms with Gasteiger partial charge < -0.3 is 4.74 Å². The van der Waals surface area contributed by atoms with Crippen LogP contribution in [0.2, 0.25) is 0 Å². The highest BCUT2D eigenvalue weighted by Crippen LogP contribution is 2.33. The normalized spacial score (nSPS) is 23.3. The summed E-state index contributed by atoms with van der Waals surface area (Å²) in [5, 5.41) is 4.52. The van der Waals surface area contributed by atoms with E-state index in [0.717, 1.165) is 32.1 Å². The Labute approximate surface area is 115 Å². The number of esters is 1. The van der Waals surface area contributed by atoms with Gasteiger partial charge in [0.1, 0.15) is 0 Å². The number of aryl methyl sites for hydroxylation is 1. The number of aromatic nitrogens is 2. The minimum atomic E-state index is -0.0209. The zero-order valence-corrected chi connectivity index (χ0v) is 12.2. The van der Waals surface area contributed by atoms with Crippen LogP contribution >= 0.6 is 0 Å². The molecule has 1 saturated carbocycles. The van der Waals surface area contributed by atoms with Crippen molar-refractivity contribution in [1.82, 2.24) is 9.78 Å². The van der Waals surface area contributed by atoms with Crippen molar-refractivity contribution < 1.29 is 9.53 Å². The summed E-state index contributed by atoms with van der Waals surface area (Å²) in [6.45, 7) is 6.65. The van der Waals surface area contributed by atoms with Gasteiger partial charge in [-0.05, 0) is 51.5 Å². The van der Waals surface area contributed by atoms with Crippen LogP contribution in [0, 0.1) is 12.8 Å². The van der Waals surface area contributed by atoms with Gasteiger partial charge in [-0.15, -0.1) is 0 Å². The summed E-state index contributed by atoms with van der Waals surface area (Å²) >= 11 is 0. The van der Waals surface area contributed by atoms with Crippen molar-refractivity contribution in [3.05, 3.63) is 17.5 Å². The third-order valence-corrected chi connectivity index (χ3v) is 4.19. The van der Waals surface area contributed by atoms with Crippen LogP contribution in [0.5, 0.6) is 0 Å². The molecule has 19 heavy (non-hydrogen) atoms. The van der Waals surface area contributed by atoms with E-state index in [1.165, 1.54) is 11.3 Å². The van der Waals surface area contributed by atoms with Crippen LogP contribution in [0.15, 0.2) is 6.20 Å². The first-order valence-corrected chi connectivity index (χ1v) is 7.37. The van der Waals surface area contributed by atoms with E-state index in [9.17, 15) is 4.79 Å². The summed E-state index contributed by atoms with van der Waals surface area (Å²) in [7, 11) is 0. The van der Waals surface area contributed by atoms with E-state index in [-0.39, 0.29) is 11.9 Å². The molecule has 0 aromatic carbocycles. The average molecular weight is 264 g/mol. The lowest BCUT2D eigenvalue weighted by molar-refractivity contribution is -0.149. The van der Waals surface area contributed by atoms with Crippen molar-refractivity contribution >= 4 is 5.97 Å². The maximum atomic E-state index is 11.7. The molecule has 0 aliphatic heterocycles. The molecule has 0 spiro atoms. The fraction of sp³-hybridized carbons (Fsp3) is 0.733. The Morgan fingerprint density at radius 1 is 1.37 bits per heavy atom. The topological polar surface area (TPSA) is 44.1 Å². The first kappa shape index (κ1) is 14.1. The van der Waals surface area contributed by atoms with Crippen molar-refractivity contribution in [3.63, 3.8) is 0 Å². The maximum absolute atomic E-state index is 11.7. The van der Waals surface area contributed by atoms with E-state index in [4.69, 9.17) is 4.74 Å². The molecular weight excluding hydrogens is 240 g/mol. The third kappa shape index (κ3) is 2.99. The molecule has 0 atom stereocenters. The zero-order chi connectivity index (χ0) is 13.8. The van der Waals surface area contributed by atoms with Crippen molar-refractivity contribution in [2.24, 2.45) is 5.92 Å². The Balaban J connectivity index is 1.96. The molecule has 1 aliphatic carbocycles. The van der Waals surface area contributed by atoms with Crippen LogP contribution in [-0.4, -0.2) is 22.4 Å². The molecule has 1 aromatic rings. The predicted octanol–water partition coefficient (Wildman–Crippen LogP) is 3.05. The number of hydrogen-bond acceptors (Lipinski definition) is 3. The number of carbonyl (C=O) groups is 1. The SMILES string of the molecule is CCOC(=O)C1CCC(n2ncc(CC)c2C)CC1. The molecule has 106 valence electrons. The second-order valence-electron chi connectivity index (χ2n) is 5.31. The van der Waals surface area contributed by atoms with Gasteiger partial charge in [-0.2, -0.15) is 5.10 Å². The lowest BCUT2D eigenvalue weighted by atomic mass is 9.86. The Morgan fingerprint density at radius 3 is 2.58 bits per heavy atom. The van der Waals surface area contributed by atoms with Crippen LogP contribution in [-0.2, 0) is 16.0 Å². The minimum Gasteiger partial charge on any atom is -0.466 e. The molecular formula is C15H24N2O2. The molecule has 0 unspecified atom stereocenters. The molecule has 4 nitrogen and oxygen atoms in total. The monoisotopic (exact) mass is 264 g/mol. The summed E-state index contributed by atoms with van der Waals surface area (Å²) in [6.07, 6.45) is 6.90. The highest BCUT2D eigenvalue weighted by Gasteiger charge is 2.29. The molecule has 1 heterocycles. The van der Waals surface area contributed by atoms with Gasteiger partial charge in [0.25, 0.3) is 0 Å². The van der Waals surface area contributed by atoms with Crippen molar-refractivity contribution in [3.8, 4) is 0 Å². The molecule has 0 radical (unpaired) electrons. The molecule has 0 amide bonds. The molecule has 4 heteroatoms. The highest BCUT2D eigenvalue weighted by molar-refractivity contribution is 5.72. The van der Waals surface area contributed by atoms with Gasteiger partial charge in [-0.1, -0.05) is 6.92 Å². The van der Waals surface area contributed by atoms with Crippen LogP contribution < -0.4 is 0 Å². The van der Waals surface area contributed by atoms with Crippen LogP contribution in [0.1, 0.15) is 56.8 Å². The first-order chi connectivity index (χ1) is 9.17. The molecule has 1 aromatic heterocycles. The summed E-state index contributed by atoms with van der Waals surface area (Å²) in [6, 6.07) is 0.450. The molecule has 2 rings (SSSR count). The fourth-order valence-electron chi connectivity index (χ4n) is 2.99. The molecule has 1 aliphatic rings. The van der Waals surface area contributed by atoms with Gasteiger partial charge in [0.15, 0.2) is 0 Å². The molecule has 0 bridgehead atoms. The second kappa shape index (κ2) is 6.22. The van der Waals surface area contributed by atoms with Crippen LogP contribution in [0.25, 0.3) is 0 Å². The Bertz CT molecular complexity index is 431. The number of nitrogens with zero attached hydrogens (tertiary/aromatic N) is 2. The fourth-order valence-corrected chi connectivity index (χ4v) is 2.99. The Morgan fingerprint density at radius 2 is 2.05 bits per heavy atom. The van der Waals surface area contributed by atoms with Gasteiger partial charge in [0, 0.05) is 5.69 Å². The number of hydrogen-bond donors (Lipinski definition) is 0. The predicted molar refractivity (Wildman–Crippen MR) is 74.0 cm³/mol. The number of ether oxygens (including phenoxy) is 1. The quantitative estimate of drug-likeness (QED) is 0.785. The summed E-state index contributed by atoms with van der Waals surface area (Å²) in [5.41, 5.74) is 2.61. The van der Waals surface area contributed by atoms with Gasteiger partial charge >= 0.3 is 5.97 Å². The lowest BCUT2D eigenvalue weighted by Gasteiger charge is -2.28. The zero-order valence-electron chi connectivity index (χ0n) is 12.2. The van der Waals surface area contributed by atoms with E-state index in [1.54, 1.807) is 0 Å². The lowest BCUT2D eigenvalue weighted by Crippen LogP contribution is -2.26. The Kier molecular flexibility index (Phi) is 4.61. The highest BCUT2D eigenvalue weighted by atomic mass is 16.5. The van der Waals surface area contributed by atoms with Crippen molar-refractivity contribution in [1.29, 1.82) is 0 Å². The standard InChI is InChI=1S/C15H24N2O2/c1-4-12-10-16-17(11(12)3)14-8-6-13(7-9-14)15(18)19-5-2/h10,13-14H,4-9H2,1-3H3.